The third-order valence-corrected chi connectivity index (χ3v) is 3.94. The average molecular weight is 331 g/mol. The van der Waals surface area contributed by atoms with Gasteiger partial charge in [0.2, 0.25) is 17.7 Å². The summed E-state index contributed by atoms with van der Waals surface area (Å²) < 4.78 is 0. The molecule has 2 unspecified atom stereocenters. The fraction of sp³-hybridized carbons (Fsp3) is 0.500. The van der Waals surface area contributed by atoms with Gasteiger partial charge >= 0.3 is 0 Å². The first kappa shape index (κ1) is 18.0. The van der Waals surface area contributed by atoms with E-state index in [0.29, 0.717) is 30.3 Å². The monoisotopic (exact) mass is 331 g/mol. The van der Waals surface area contributed by atoms with Crippen LogP contribution in [-0.2, 0) is 14.4 Å². The van der Waals surface area contributed by atoms with Crippen molar-refractivity contribution in [2.24, 2.45) is 17.8 Å². The summed E-state index contributed by atoms with van der Waals surface area (Å²) in [5.41, 5.74) is 1.23. The molecule has 24 heavy (non-hydrogen) atoms. The minimum absolute atomic E-state index is 0.0391. The fourth-order valence-electron chi connectivity index (χ4n) is 2.50. The number of nitrogens with one attached hydrogen (secondary N) is 3. The van der Waals surface area contributed by atoms with Crippen LogP contribution in [0.15, 0.2) is 24.3 Å². The number of carbonyl (C=O) groups is 3. The number of benzene rings is 1. The number of rotatable bonds is 7. The van der Waals surface area contributed by atoms with Gasteiger partial charge in [0.15, 0.2) is 0 Å². The van der Waals surface area contributed by atoms with E-state index < -0.39 is 0 Å². The minimum atomic E-state index is -0.270. The van der Waals surface area contributed by atoms with Crippen LogP contribution in [0.2, 0.25) is 0 Å². The quantitative estimate of drug-likeness (QED) is 0.717. The second-order valence-corrected chi connectivity index (χ2v) is 6.67. The molecule has 130 valence electrons. The highest BCUT2D eigenvalue weighted by Gasteiger charge is 2.47. The smallest absolute Gasteiger partial charge is 0.228 e. The van der Waals surface area contributed by atoms with E-state index in [1.807, 2.05) is 0 Å². The van der Waals surface area contributed by atoms with Crippen LogP contribution in [0.5, 0.6) is 0 Å². The van der Waals surface area contributed by atoms with E-state index >= 15 is 0 Å². The molecule has 6 heteroatoms. The molecule has 2 atom stereocenters. The van der Waals surface area contributed by atoms with Crippen molar-refractivity contribution in [3.05, 3.63) is 24.3 Å². The molecule has 0 aliphatic heterocycles. The van der Waals surface area contributed by atoms with E-state index in [1.165, 1.54) is 6.92 Å². The Morgan fingerprint density at radius 3 is 2.33 bits per heavy atom. The average Bonchev–Trinajstić information content (AvgIpc) is 3.27. The molecule has 3 amide bonds. The Balaban J connectivity index is 1.82. The zero-order valence-electron chi connectivity index (χ0n) is 14.4. The predicted octanol–water partition coefficient (Wildman–Crippen LogP) is 2.38. The Bertz CT molecular complexity index is 628. The molecule has 2 rings (SSSR count). The van der Waals surface area contributed by atoms with E-state index in [2.05, 4.69) is 29.8 Å². The van der Waals surface area contributed by atoms with Crippen LogP contribution in [-0.4, -0.2) is 24.3 Å². The number of hydrogen-bond donors (Lipinski definition) is 3. The third-order valence-electron chi connectivity index (χ3n) is 3.94. The Morgan fingerprint density at radius 2 is 1.71 bits per heavy atom. The molecule has 0 radical (unpaired) electrons. The van der Waals surface area contributed by atoms with Crippen LogP contribution in [0, 0.1) is 17.8 Å². The highest BCUT2D eigenvalue weighted by atomic mass is 16.2. The molecule has 0 spiro atoms. The van der Waals surface area contributed by atoms with Gasteiger partial charge in [-0.05, 0) is 37.0 Å². The Hall–Kier alpha value is -2.37. The molecule has 1 aliphatic rings. The van der Waals surface area contributed by atoms with Gasteiger partial charge in [-0.15, -0.1) is 0 Å². The van der Waals surface area contributed by atoms with Crippen LogP contribution < -0.4 is 16.0 Å². The van der Waals surface area contributed by atoms with Gasteiger partial charge in [0.05, 0.1) is 11.8 Å². The molecule has 1 fully saturated rings. The largest absolute Gasteiger partial charge is 0.356 e. The standard InChI is InChI=1S/C18H25N3O3/c1-11(2)7-8-19-17(23)15-10-16(15)18(24)21-14-6-4-5-13(9-14)20-12(3)22/h4-6,9,11,15-16H,7-8,10H2,1-3H3,(H,19,23)(H,20,22)(H,21,24). The summed E-state index contributed by atoms with van der Waals surface area (Å²) in [6.45, 7) is 6.29. The lowest BCUT2D eigenvalue weighted by atomic mass is 10.1. The molecule has 1 saturated carbocycles. The van der Waals surface area contributed by atoms with E-state index in [1.54, 1.807) is 24.3 Å². The van der Waals surface area contributed by atoms with E-state index in [9.17, 15) is 14.4 Å². The van der Waals surface area contributed by atoms with Crippen molar-refractivity contribution in [3.8, 4) is 0 Å². The van der Waals surface area contributed by atoms with Gasteiger partial charge in [-0.1, -0.05) is 19.9 Å². The summed E-state index contributed by atoms with van der Waals surface area (Å²) in [5, 5.41) is 8.36. The number of amides is 3. The van der Waals surface area contributed by atoms with E-state index in [4.69, 9.17) is 0 Å². The predicted molar refractivity (Wildman–Crippen MR) is 93.4 cm³/mol. The van der Waals surface area contributed by atoms with Crippen LogP contribution in [0.3, 0.4) is 0 Å². The van der Waals surface area contributed by atoms with Crippen LogP contribution in [0.25, 0.3) is 0 Å². The molecular weight excluding hydrogens is 306 g/mol. The Kier molecular flexibility index (Phi) is 5.95. The maximum Gasteiger partial charge on any atom is 0.228 e. The second-order valence-electron chi connectivity index (χ2n) is 6.67. The van der Waals surface area contributed by atoms with Crippen LogP contribution in [0.1, 0.15) is 33.6 Å². The van der Waals surface area contributed by atoms with Gasteiger partial charge in [-0.25, -0.2) is 0 Å². The van der Waals surface area contributed by atoms with Crippen molar-refractivity contribution < 1.29 is 14.4 Å². The third kappa shape index (κ3) is 5.37. The van der Waals surface area contributed by atoms with Gasteiger partial charge < -0.3 is 16.0 Å². The molecule has 0 saturated heterocycles. The van der Waals surface area contributed by atoms with Gasteiger partial charge in [-0.2, -0.15) is 0 Å². The van der Waals surface area contributed by atoms with Crippen molar-refractivity contribution in [1.82, 2.24) is 5.32 Å². The summed E-state index contributed by atoms with van der Waals surface area (Å²) in [6.07, 6.45) is 1.52. The van der Waals surface area contributed by atoms with Crippen molar-refractivity contribution >= 4 is 29.1 Å². The summed E-state index contributed by atoms with van der Waals surface area (Å²) in [4.78, 5) is 35.3. The fourth-order valence-corrected chi connectivity index (χ4v) is 2.50. The molecule has 0 bridgehead atoms. The zero-order valence-corrected chi connectivity index (χ0v) is 14.4. The molecule has 1 aromatic carbocycles. The lowest BCUT2D eigenvalue weighted by Crippen LogP contribution is -2.28. The zero-order chi connectivity index (χ0) is 17.7. The first-order chi connectivity index (χ1) is 11.4. The SMILES string of the molecule is CC(=O)Nc1cccc(NC(=O)C2CC2C(=O)NCCC(C)C)c1. The van der Waals surface area contributed by atoms with Gasteiger partial charge in [0, 0.05) is 24.8 Å². The van der Waals surface area contributed by atoms with E-state index in [0.717, 1.165) is 6.42 Å². The Labute approximate surface area is 142 Å². The first-order valence-electron chi connectivity index (χ1n) is 8.33. The molecule has 0 aromatic heterocycles. The molecule has 6 nitrogen and oxygen atoms in total. The highest BCUT2D eigenvalue weighted by molar-refractivity contribution is 6.00. The van der Waals surface area contributed by atoms with Crippen molar-refractivity contribution in [3.63, 3.8) is 0 Å². The molecule has 1 aliphatic carbocycles. The Morgan fingerprint density at radius 1 is 1.08 bits per heavy atom. The first-order valence-corrected chi connectivity index (χ1v) is 8.33. The molecule has 0 heterocycles. The maximum atomic E-state index is 12.2. The topological polar surface area (TPSA) is 87.3 Å². The number of carbonyl (C=O) groups excluding carboxylic acids is 3. The van der Waals surface area contributed by atoms with Crippen molar-refractivity contribution in [2.75, 3.05) is 17.2 Å². The van der Waals surface area contributed by atoms with Crippen molar-refractivity contribution in [1.29, 1.82) is 0 Å². The normalized spacial score (nSPS) is 18.8. The van der Waals surface area contributed by atoms with E-state index in [-0.39, 0.29) is 29.6 Å². The van der Waals surface area contributed by atoms with Gasteiger partial charge in [0.25, 0.3) is 0 Å². The molecule has 1 aromatic rings. The van der Waals surface area contributed by atoms with Crippen LogP contribution >= 0.6 is 0 Å². The molecular formula is C18H25N3O3. The maximum absolute atomic E-state index is 12.2. The number of anilines is 2. The lowest BCUT2D eigenvalue weighted by Gasteiger charge is -2.08. The summed E-state index contributed by atoms with van der Waals surface area (Å²) in [6, 6.07) is 6.95. The molecule has 3 N–H and O–H groups in total. The summed E-state index contributed by atoms with van der Waals surface area (Å²) >= 11 is 0. The lowest BCUT2D eigenvalue weighted by molar-refractivity contribution is -0.125. The highest BCUT2D eigenvalue weighted by Crippen LogP contribution is 2.39. The van der Waals surface area contributed by atoms with Crippen LogP contribution in [0.4, 0.5) is 11.4 Å². The van der Waals surface area contributed by atoms with Gasteiger partial charge in [-0.3, -0.25) is 14.4 Å². The minimum Gasteiger partial charge on any atom is -0.356 e. The summed E-state index contributed by atoms with van der Waals surface area (Å²) in [7, 11) is 0. The van der Waals surface area contributed by atoms with Gasteiger partial charge in [0.1, 0.15) is 0 Å². The second kappa shape index (κ2) is 7.95. The van der Waals surface area contributed by atoms with Crippen molar-refractivity contribution in [2.45, 2.75) is 33.6 Å². The number of hydrogen-bond acceptors (Lipinski definition) is 3. The summed E-state index contributed by atoms with van der Waals surface area (Å²) in [5.74, 6) is -0.316.